The molecule has 4 heteroatoms. The van der Waals surface area contributed by atoms with Gasteiger partial charge in [-0.15, -0.1) is 0 Å². The molecule has 0 fully saturated rings. The molecule has 1 unspecified atom stereocenters. The van der Waals surface area contributed by atoms with Gasteiger partial charge in [0.2, 0.25) is 0 Å². The van der Waals surface area contributed by atoms with Gasteiger partial charge in [0, 0.05) is 13.2 Å². The minimum atomic E-state index is -0.365. The first-order valence-electron chi connectivity index (χ1n) is 8.05. The number of benzene rings is 1. The average molecular weight is 306 g/mol. The van der Waals surface area contributed by atoms with Gasteiger partial charge in [-0.25, -0.2) is 4.79 Å². The number of carbonyl (C=O) groups is 1. The Hall–Kier alpha value is -1.55. The molecule has 0 radical (unpaired) electrons. The second kappa shape index (κ2) is 8.18. The number of carbonyl (C=O) groups excluding carboxylic acids is 1. The monoisotopic (exact) mass is 306 g/mol. The summed E-state index contributed by atoms with van der Waals surface area (Å²) in [6, 6.07) is 9.87. The van der Waals surface area contributed by atoms with Gasteiger partial charge < -0.3 is 15.7 Å². The van der Waals surface area contributed by atoms with Gasteiger partial charge in [-0.1, -0.05) is 51.1 Å². The SMILES string of the molecule is CCC(C)(NC(=O)NCCCC(C)(C)CO)c1ccccc1. The smallest absolute Gasteiger partial charge is 0.315 e. The maximum absolute atomic E-state index is 12.1. The minimum Gasteiger partial charge on any atom is -0.396 e. The molecule has 2 amide bonds. The Bertz CT molecular complexity index is 459. The summed E-state index contributed by atoms with van der Waals surface area (Å²) in [5.41, 5.74) is 0.657. The van der Waals surface area contributed by atoms with Crippen LogP contribution in [0, 0.1) is 5.41 Å². The second-order valence-corrected chi connectivity index (χ2v) is 6.86. The topological polar surface area (TPSA) is 61.4 Å². The molecule has 3 N–H and O–H groups in total. The lowest BCUT2D eigenvalue weighted by Crippen LogP contribution is -2.48. The standard InChI is InChI=1S/C18H30N2O2/c1-5-18(4,15-10-7-6-8-11-15)20-16(22)19-13-9-12-17(2,3)14-21/h6-8,10-11,21H,5,9,12-14H2,1-4H3,(H2,19,20,22). The molecule has 0 aromatic heterocycles. The van der Waals surface area contributed by atoms with Crippen molar-refractivity contribution in [1.29, 1.82) is 0 Å². The minimum absolute atomic E-state index is 0.0832. The lowest BCUT2D eigenvalue weighted by molar-refractivity contribution is 0.148. The molecule has 0 aliphatic carbocycles. The van der Waals surface area contributed by atoms with E-state index in [1.807, 2.05) is 51.1 Å². The van der Waals surface area contributed by atoms with Gasteiger partial charge in [0.15, 0.2) is 0 Å². The molecule has 0 saturated heterocycles. The molecule has 1 atom stereocenters. The van der Waals surface area contributed by atoms with E-state index in [1.165, 1.54) is 0 Å². The highest BCUT2D eigenvalue weighted by molar-refractivity contribution is 5.75. The number of rotatable bonds is 8. The third-order valence-corrected chi connectivity index (χ3v) is 4.25. The van der Waals surface area contributed by atoms with E-state index in [4.69, 9.17) is 0 Å². The summed E-state index contributed by atoms with van der Waals surface area (Å²) >= 11 is 0. The molecule has 1 aromatic rings. The molecule has 0 heterocycles. The molecular formula is C18H30N2O2. The van der Waals surface area contributed by atoms with Crippen LogP contribution in [-0.2, 0) is 5.54 Å². The van der Waals surface area contributed by atoms with Crippen molar-refractivity contribution >= 4 is 6.03 Å². The van der Waals surface area contributed by atoms with Crippen molar-refractivity contribution in [3.63, 3.8) is 0 Å². The quantitative estimate of drug-likeness (QED) is 0.645. The third-order valence-electron chi connectivity index (χ3n) is 4.25. The normalized spacial score (nSPS) is 14.2. The third kappa shape index (κ3) is 5.68. The first-order valence-corrected chi connectivity index (χ1v) is 8.05. The maximum Gasteiger partial charge on any atom is 0.315 e. The Labute approximate surface area is 134 Å². The van der Waals surface area contributed by atoms with E-state index < -0.39 is 0 Å². The van der Waals surface area contributed by atoms with Crippen molar-refractivity contribution < 1.29 is 9.90 Å². The predicted molar refractivity (Wildman–Crippen MR) is 90.7 cm³/mol. The lowest BCUT2D eigenvalue weighted by Gasteiger charge is -2.30. The number of hydrogen-bond acceptors (Lipinski definition) is 2. The van der Waals surface area contributed by atoms with Crippen molar-refractivity contribution in [2.75, 3.05) is 13.2 Å². The first-order chi connectivity index (χ1) is 10.3. The van der Waals surface area contributed by atoms with E-state index >= 15 is 0 Å². The highest BCUT2D eigenvalue weighted by Crippen LogP contribution is 2.24. The van der Waals surface area contributed by atoms with Crippen LogP contribution >= 0.6 is 0 Å². The summed E-state index contributed by atoms with van der Waals surface area (Å²) in [6.07, 6.45) is 2.56. The molecule has 1 rings (SSSR count). The zero-order chi connectivity index (χ0) is 16.6. The van der Waals surface area contributed by atoms with Crippen LogP contribution in [0.5, 0.6) is 0 Å². The molecule has 0 bridgehead atoms. The van der Waals surface area contributed by atoms with E-state index in [2.05, 4.69) is 17.6 Å². The van der Waals surface area contributed by atoms with Crippen molar-refractivity contribution in [2.45, 2.75) is 52.5 Å². The Balaban J connectivity index is 2.46. The molecule has 1 aromatic carbocycles. The van der Waals surface area contributed by atoms with Gasteiger partial charge in [-0.05, 0) is 37.2 Å². The highest BCUT2D eigenvalue weighted by Gasteiger charge is 2.26. The van der Waals surface area contributed by atoms with E-state index in [-0.39, 0.29) is 23.6 Å². The van der Waals surface area contributed by atoms with Gasteiger partial charge >= 0.3 is 6.03 Å². The highest BCUT2D eigenvalue weighted by atomic mass is 16.3. The summed E-state index contributed by atoms with van der Waals surface area (Å²) in [5, 5.41) is 15.2. The van der Waals surface area contributed by atoms with E-state index in [0.29, 0.717) is 6.54 Å². The molecule has 0 spiro atoms. The fourth-order valence-electron chi connectivity index (χ4n) is 2.31. The lowest BCUT2D eigenvalue weighted by atomic mass is 9.89. The van der Waals surface area contributed by atoms with Crippen molar-refractivity contribution in [3.8, 4) is 0 Å². The zero-order valence-electron chi connectivity index (χ0n) is 14.3. The summed E-state index contributed by atoms with van der Waals surface area (Å²) in [4.78, 5) is 12.1. The number of urea groups is 1. The van der Waals surface area contributed by atoms with Crippen molar-refractivity contribution in [3.05, 3.63) is 35.9 Å². The number of nitrogens with one attached hydrogen (secondary N) is 2. The van der Waals surface area contributed by atoms with Crippen LogP contribution in [0.25, 0.3) is 0 Å². The average Bonchev–Trinajstić information content (AvgIpc) is 2.52. The Morgan fingerprint density at radius 1 is 1.18 bits per heavy atom. The second-order valence-electron chi connectivity index (χ2n) is 6.86. The van der Waals surface area contributed by atoms with Gasteiger partial charge in [0.25, 0.3) is 0 Å². The van der Waals surface area contributed by atoms with E-state index in [1.54, 1.807) is 0 Å². The van der Waals surface area contributed by atoms with E-state index in [0.717, 1.165) is 24.8 Å². The summed E-state index contributed by atoms with van der Waals surface area (Å²) in [7, 11) is 0. The summed E-state index contributed by atoms with van der Waals surface area (Å²) < 4.78 is 0. The van der Waals surface area contributed by atoms with Gasteiger partial charge in [-0.3, -0.25) is 0 Å². The van der Waals surface area contributed by atoms with Crippen molar-refractivity contribution in [1.82, 2.24) is 10.6 Å². The van der Waals surface area contributed by atoms with Gasteiger partial charge in [0.1, 0.15) is 0 Å². The molecule has 0 saturated carbocycles. The molecule has 124 valence electrons. The van der Waals surface area contributed by atoms with Crippen LogP contribution in [-0.4, -0.2) is 24.3 Å². The van der Waals surface area contributed by atoms with Crippen LogP contribution in [0.2, 0.25) is 0 Å². The summed E-state index contributed by atoms with van der Waals surface area (Å²) in [5.74, 6) is 0. The van der Waals surface area contributed by atoms with Crippen LogP contribution in [0.3, 0.4) is 0 Å². The molecular weight excluding hydrogens is 276 g/mol. The van der Waals surface area contributed by atoms with Gasteiger partial charge in [-0.2, -0.15) is 0 Å². The Morgan fingerprint density at radius 2 is 1.82 bits per heavy atom. The fourth-order valence-corrected chi connectivity index (χ4v) is 2.31. The zero-order valence-corrected chi connectivity index (χ0v) is 14.3. The van der Waals surface area contributed by atoms with Crippen LogP contribution < -0.4 is 10.6 Å². The van der Waals surface area contributed by atoms with Crippen LogP contribution in [0.1, 0.15) is 52.5 Å². The molecule has 0 aliphatic rings. The fraction of sp³-hybridized carbons (Fsp3) is 0.611. The number of hydrogen-bond donors (Lipinski definition) is 3. The largest absolute Gasteiger partial charge is 0.396 e. The number of aliphatic hydroxyl groups is 1. The number of amides is 2. The summed E-state index contributed by atoms with van der Waals surface area (Å²) in [6.45, 7) is 8.94. The van der Waals surface area contributed by atoms with E-state index in [9.17, 15) is 9.90 Å². The predicted octanol–water partition coefficient (Wildman–Crippen LogP) is 3.41. The van der Waals surface area contributed by atoms with Crippen molar-refractivity contribution in [2.24, 2.45) is 5.41 Å². The Kier molecular flexibility index (Phi) is 6.88. The molecule has 4 nitrogen and oxygen atoms in total. The Morgan fingerprint density at radius 3 is 2.36 bits per heavy atom. The molecule has 22 heavy (non-hydrogen) atoms. The van der Waals surface area contributed by atoms with Crippen LogP contribution in [0.4, 0.5) is 4.79 Å². The first kappa shape index (κ1) is 18.5. The number of aliphatic hydroxyl groups excluding tert-OH is 1. The van der Waals surface area contributed by atoms with Gasteiger partial charge in [0.05, 0.1) is 5.54 Å². The molecule has 0 aliphatic heterocycles. The maximum atomic E-state index is 12.1. The van der Waals surface area contributed by atoms with Crippen LogP contribution in [0.15, 0.2) is 30.3 Å².